The third kappa shape index (κ3) is 1.61. The molecule has 6 heteroatoms. The lowest BCUT2D eigenvalue weighted by atomic mass is 10.1. The first kappa shape index (κ1) is 11.5. The van der Waals surface area contributed by atoms with Gasteiger partial charge in [-0.1, -0.05) is 12.1 Å². The fraction of sp³-hybridized carbons (Fsp3) is 0.286. The van der Waals surface area contributed by atoms with Crippen molar-refractivity contribution in [2.24, 2.45) is 0 Å². The number of aromatic amines is 1. The van der Waals surface area contributed by atoms with Gasteiger partial charge in [0.2, 0.25) is 5.95 Å². The maximum Gasteiger partial charge on any atom is 0.231 e. The van der Waals surface area contributed by atoms with Crippen LogP contribution < -0.4 is 5.73 Å². The van der Waals surface area contributed by atoms with E-state index in [2.05, 4.69) is 27.0 Å². The van der Waals surface area contributed by atoms with Gasteiger partial charge < -0.3 is 15.6 Å². The largest absolute Gasteiger partial charge is 0.383 e. The van der Waals surface area contributed by atoms with E-state index in [1.807, 2.05) is 24.3 Å². The van der Waals surface area contributed by atoms with Crippen LogP contribution in [0, 0.1) is 0 Å². The van der Waals surface area contributed by atoms with E-state index >= 15 is 0 Å². The number of benzene rings is 1. The highest BCUT2D eigenvalue weighted by atomic mass is 15.4. The van der Waals surface area contributed by atoms with Crippen LogP contribution in [-0.4, -0.2) is 38.2 Å². The SMILES string of the molecule is CN1CCc2nn(-c3nc4ccccc4[nH]3)c(N)c2C1. The molecule has 0 atom stereocenters. The van der Waals surface area contributed by atoms with Crippen LogP contribution in [0.4, 0.5) is 5.82 Å². The lowest BCUT2D eigenvalue weighted by Crippen LogP contribution is -2.26. The van der Waals surface area contributed by atoms with Crippen LogP contribution in [0.15, 0.2) is 24.3 Å². The van der Waals surface area contributed by atoms with Crippen LogP contribution in [0.2, 0.25) is 0 Å². The molecule has 20 heavy (non-hydrogen) atoms. The van der Waals surface area contributed by atoms with Gasteiger partial charge in [-0.25, -0.2) is 4.98 Å². The number of hydrogen-bond acceptors (Lipinski definition) is 4. The van der Waals surface area contributed by atoms with Gasteiger partial charge in [0.05, 0.1) is 16.7 Å². The summed E-state index contributed by atoms with van der Waals surface area (Å²) >= 11 is 0. The molecule has 6 nitrogen and oxygen atoms in total. The molecule has 3 aromatic rings. The lowest BCUT2D eigenvalue weighted by molar-refractivity contribution is 0.312. The molecule has 3 heterocycles. The number of nitrogens with zero attached hydrogens (tertiary/aromatic N) is 4. The molecule has 102 valence electrons. The summed E-state index contributed by atoms with van der Waals surface area (Å²) in [6.07, 6.45) is 0.934. The molecule has 1 aliphatic rings. The van der Waals surface area contributed by atoms with Crippen molar-refractivity contribution in [3.8, 4) is 5.95 Å². The standard InChI is InChI=1S/C14H16N6/c1-19-7-6-10-9(8-19)13(15)20(18-10)14-16-11-4-2-3-5-12(11)17-14/h2-5H,6-8,15H2,1H3,(H,16,17). The van der Waals surface area contributed by atoms with Crippen LogP contribution in [0.5, 0.6) is 0 Å². The molecular formula is C14H16N6. The van der Waals surface area contributed by atoms with Crippen molar-refractivity contribution in [2.45, 2.75) is 13.0 Å². The molecule has 0 unspecified atom stereocenters. The zero-order valence-corrected chi connectivity index (χ0v) is 11.3. The van der Waals surface area contributed by atoms with Crippen molar-refractivity contribution >= 4 is 16.9 Å². The van der Waals surface area contributed by atoms with Gasteiger partial charge in [0.25, 0.3) is 0 Å². The Hall–Kier alpha value is -2.34. The predicted molar refractivity (Wildman–Crippen MR) is 77.7 cm³/mol. The number of para-hydroxylation sites is 2. The summed E-state index contributed by atoms with van der Waals surface area (Å²) in [5, 5.41) is 4.62. The minimum Gasteiger partial charge on any atom is -0.383 e. The smallest absolute Gasteiger partial charge is 0.231 e. The molecule has 1 aromatic carbocycles. The number of nitrogens with two attached hydrogens (primary N) is 1. The number of aromatic nitrogens is 4. The van der Waals surface area contributed by atoms with E-state index in [4.69, 9.17) is 5.73 Å². The zero-order chi connectivity index (χ0) is 13.7. The van der Waals surface area contributed by atoms with E-state index in [1.54, 1.807) is 4.68 Å². The molecule has 3 N–H and O–H groups in total. The van der Waals surface area contributed by atoms with Gasteiger partial charge in [-0.3, -0.25) is 0 Å². The molecule has 0 amide bonds. The van der Waals surface area contributed by atoms with Gasteiger partial charge >= 0.3 is 0 Å². The number of fused-ring (bicyclic) bond motifs is 2. The average Bonchev–Trinajstić information content (AvgIpc) is 3.01. The Morgan fingerprint density at radius 2 is 2.15 bits per heavy atom. The van der Waals surface area contributed by atoms with Crippen LogP contribution in [0.1, 0.15) is 11.3 Å². The highest BCUT2D eigenvalue weighted by molar-refractivity contribution is 5.76. The Balaban J connectivity index is 1.86. The minimum absolute atomic E-state index is 0.681. The topological polar surface area (TPSA) is 75.8 Å². The van der Waals surface area contributed by atoms with Crippen molar-refractivity contribution in [2.75, 3.05) is 19.3 Å². The fourth-order valence-electron chi connectivity index (χ4n) is 2.73. The number of hydrogen-bond donors (Lipinski definition) is 2. The maximum absolute atomic E-state index is 6.25. The highest BCUT2D eigenvalue weighted by Crippen LogP contribution is 2.25. The van der Waals surface area contributed by atoms with Gasteiger partial charge in [-0.05, 0) is 19.2 Å². The molecule has 2 aromatic heterocycles. The van der Waals surface area contributed by atoms with Gasteiger partial charge in [0.15, 0.2) is 0 Å². The normalized spacial score (nSPS) is 15.7. The van der Waals surface area contributed by atoms with Crippen molar-refractivity contribution in [3.63, 3.8) is 0 Å². The summed E-state index contributed by atoms with van der Waals surface area (Å²) in [7, 11) is 2.10. The van der Waals surface area contributed by atoms with Crippen molar-refractivity contribution in [1.82, 2.24) is 24.6 Å². The Bertz CT molecular complexity index is 751. The van der Waals surface area contributed by atoms with Gasteiger partial charge in [0, 0.05) is 25.1 Å². The Kier molecular flexibility index (Phi) is 2.34. The van der Waals surface area contributed by atoms with E-state index in [0.29, 0.717) is 11.8 Å². The molecule has 0 aliphatic carbocycles. The molecule has 0 saturated carbocycles. The third-order valence-corrected chi connectivity index (χ3v) is 3.84. The summed E-state index contributed by atoms with van der Waals surface area (Å²) in [5.74, 6) is 1.37. The molecule has 4 rings (SSSR count). The number of likely N-dealkylation sites (N-methyl/N-ethyl adjacent to an activating group) is 1. The predicted octanol–water partition coefficient (Wildman–Crippen LogP) is 1.32. The first-order valence-corrected chi connectivity index (χ1v) is 6.72. The minimum atomic E-state index is 0.681. The second-order valence-electron chi connectivity index (χ2n) is 5.29. The summed E-state index contributed by atoms with van der Waals surface area (Å²) in [6, 6.07) is 7.93. The molecular weight excluding hydrogens is 252 g/mol. The molecule has 1 aliphatic heterocycles. The van der Waals surface area contributed by atoms with E-state index in [0.717, 1.165) is 41.8 Å². The van der Waals surface area contributed by atoms with Crippen molar-refractivity contribution < 1.29 is 0 Å². The van der Waals surface area contributed by atoms with Crippen molar-refractivity contribution in [3.05, 3.63) is 35.5 Å². The van der Waals surface area contributed by atoms with Crippen LogP contribution in [-0.2, 0) is 13.0 Å². The van der Waals surface area contributed by atoms with Gasteiger partial charge in [-0.2, -0.15) is 9.78 Å². The lowest BCUT2D eigenvalue weighted by Gasteiger charge is -2.21. The summed E-state index contributed by atoms with van der Waals surface area (Å²) < 4.78 is 1.73. The first-order valence-electron chi connectivity index (χ1n) is 6.72. The van der Waals surface area contributed by atoms with Gasteiger partial charge in [0.1, 0.15) is 5.82 Å². The summed E-state index contributed by atoms with van der Waals surface area (Å²) in [4.78, 5) is 10.1. The molecule has 0 bridgehead atoms. The highest BCUT2D eigenvalue weighted by Gasteiger charge is 2.23. The fourth-order valence-corrected chi connectivity index (χ4v) is 2.73. The third-order valence-electron chi connectivity index (χ3n) is 3.84. The number of anilines is 1. The quantitative estimate of drug-likeness (QED) is 0.698. The van der Waals surface area contributed by atoms with E-state index in [9.17, 15) is 0 Å². The molecule has 0 spiro atoms. The Morgan fingerprint density at radius 3 is 3.00 bits per heavy atom. The number of imidazole rings is 1. The van der Waals surface area contributed by atoms with Gasteiger partial charge in [-0.15, -0.1) is 0 Å². The van der Waals surface area contributed by atoms with E-state index in [-0.39, 0.29) is 0 Å². The molecule has 0 radical (unpaired) electrons. The number of H-pyrrole nitrogens is 1. The van der Waals surface area contributed by atoms with Crippen LogP contribution in [0.25, 0.3) is 17.0 Å². The monoisotopic (exact) mass is 268 g/mol. The number of nitrogen functional groups attached to an aromatic ring is 1. The number of rotatable bonds is 1. The van der Waals surface area contributed by atoms with E-state index < -0.39 is 0 Å². The Labute approximate surface area is 116 Å². The molecule has 0 saturated heterocycles. The number of nitrogens with one attached hydrogen (secondary N) is 1. The summed E-state index contributed by atoms with van der Waals surface area (Å²) in [6.45, 7) is 1.87. The van der Waals surface area contributed by atoms with E-state index in [1.165, 1.54) is 0 Å². The first-order chi connectivity index (χ1) is 9.72. The second-order valence-corrected chi connectivity index (χ2v) is 5.29. The van der Waals surface area contributed by atoms with Crippen molar-refractivity contribution in [1.29, 1.82) is 0 Å². The van der Waals surface area contributed by atoms with Crippen LogP contribution >= 0.6 is 0 Å². The second kappa shape index (κ2) is 4.08. The van der Waals surface area contributed by atoms with Crippen LogP contribution in [0.3, 0.4) is 0 Å². The summed E-state index contributed by atoms with van der Waals surface area (Å²) in [5.41, 5.74) is 10.4. The average molecular weight is 268 g/mol. The molecule has 0 fully saturated rings. The zero-order valence-electron chi connectivity index (χ0n) is 11.3. The maximum atomic E-state index is 6.25. The Morgan fingerprint density at radius 1 is 1.30 bits per heavy atom.